The summed E-state index contributed by atoms with van der Waals surface area (Å²) >= 11 is 5.93. The zero-order valence-corrected chi connectivity index (χ0v) is 14.4. The Morgan fingerprint density at radius 2 is 1.96 bits per heavy atom. The quantitative estimate of drug-likeness (QED) is 0.511. The van der Waals surface area contributed by atoms with Crippen LogP contribution in [-0.2, 0) is 9.59 Å². The Morgan fingerprint density at radius 1 is 1.26 bits per heavy atom. The average molecular weight is 341 g/mol. The van der Waals surface area contributed by atoms with Crippen molar-refractivity contribution in [3.63, 3.8) is 0 Å². The van der Waals surface area contributed by atoms with Crippen LogP contribution in [0.2, 0.25) is 5.02 Å². The van der Waals surface area contributed by atoms with Crippen LogP contribution in [0.3, 0.4) is 0 Å². The van der Waals surface area contributed by atoms with Gasteiger partial charge in [-0.15, -0.1) is 0 Å². The van der Waals surface area contributed by atoms with E-state index >= 15 is 0 Å². The number of quaternary nitrogens is 2. The minimum absolute atomic E-state index is 0.00276. The molecule has 0 radical (unpaired) electrons. The second-order valence-electron chi connectivity index (χ2n) is 5.98. The number of anilines is 1. The van der Waals surface area contributed by atoms with Crippen LogP contribution in [0.25, 0.3) is 0 Å². The van der Waals surface area contributed by atoms with Crippen LogP contribution in [0.15, 0.2) is 24.3 Å². The predicted molar refractivity (Wildman–Crippen MR) is 89.9 cm³/mol. The van der Waals surface area contributed by atoms with E-state index in [9.17, 15) is 9.59 Å². The van der Waals surface area contributed by atoms with Crippen molar-refractivity contribution in [2.45, 2.75) is 13.0 Å². The molecule has 1 atom stereocenters. The molecule has 1 aromatic rings. The summed E-state index contributed by atoms with van der Waals surface area (Å²) in [5, 5.41) is 6.18. The number of carbonyl (C=O) groups is 2. The van der Waals surface area contributed by atoms with Crippen molar-refractivity contribution in [1.29, 1.82) is 0 Å². The lowest BCUT2D eigenvalue weighted by atomic mass is 10.2. The second kappa shape index (κ2) is 8.29. The molecule has 0 aromatic heterocycles. The molecule has 0 spiro atoms. The summed E-state index contributed by atoms with van der Waals surface area (Å²) < 4.78 is 0. The SMILES string of the molecule is CNC(=O)C[NH+]1CC[NH+]([C@H](C)C(=O)Nc2cccc(Cl)c2)CC1. The molecule has 1 fully saturated rings. The van der Waals surface area contributed by atoms with E-state index in [1.165, 1.54) is 9.80 Å². The van der Waals surface area contributed by atoms with E-state index in [4.69, 9.17) is 11.6 Å². The van der Waals surface area contributed by atoms with Crippen LogP contribution in [-0.4, -0.2) is 57.6 Å². The third-order valence-corrected chi connectivity index (χ3v) is 4.62. The summed E-state index contributed by atoms with van der Waals surface area (Å²) in [6, 6.07) is 7.04. The lowest BCUT2D eigenvalue weighted by Crippen LogP contribution is -3.30. The topological polar surface area (TPSA) is 67.1 Å². The average Bonchev–Trinajstić information content (AvgIpc) is 2.54. The zero-order valence-electron chi connectivity index (χ0n) is 13.6. The maximum absolute atomic E-state index is 12.4. The Kier molecular flexibility index (Phi) is 6.38. The predicted octanol–water partition coefficient (Wildman–Crippen LogP) is -1.80. The van der Waals surface area contributed by atoms with Crippen LogP contribution in [0.4, 0.5) is 5.69 Å². The molecule has 23 heavy (non-hydrogen) atoms. The van der Waals surface area contributed by atoms with Gasteiger partial charge in [0.1, 0.15) is 26.2 Å². The van der Waals surface area contributed by atoms with Gasteiger partial charge in [-0.05, 0) is 25.1 Å². The molecular formula is C16H25ClN4O2+2. The molecule has 1 aromatic carbocycles. The van der Waals surface area contributed by atoms with Gasteiger partial charge < -0.3 is 20.4 Å². The number of halogens is 1. The molecule has 1 aliphatic rings. The fourth-order valence-electron chi connectivity index (χ4n) is 2.85. The number of benzene rings is 1. The first kappa shape index (κ1) is 17.7. The number of hydrogen-bond donors (Lipinski definition) is 4. The molecule has 126 valence electrons. The van der Waals surface area contributed by atoms with Gasteiger partial charge in [0, 0.05) is 17.8 Å². The Bertz CT molecular complexity index is 559. The minimum Gasteiger partial charge on any atom is -0.354 e. The van der Waals surface area contributed by atoms with Gasteiger partial charge in [0.05, 0.1) is 0 Å². The van der Waals surface area contributed by atoms with Gasteiger partial charge in [0.25, 0.3) is 11.8 Å². The highest BCUT2D eigenvalue weighted by Crippen LogP contribution is 2.14. The van der Waals surface area contributed by atoms with Crippen molar-refractivity contribution in [3.8, 4) is 0 Å². The van der Waals surface area contributed by atoms with Gasteiger partial charge in [-0.25, -0.2) is 0 Å². The Labute approximate surface area is 141 Å². The fraction of sp³-hybridized carbons (Fsp3) is 0.500. The van der Waals surface area contributed by atoms with Crippen LogP contribution < -0.4 is 20.4 Å². The third kappa shape index (κ3) is 5.20. The van der Waals surface area contributed by atoms with E-state index in [1.807, 2.05) is 19.1 Å². The number of amides is 2. The van der Waals surface area contributed by atoms with E-state index < -0.39 is 0 Å². The number of carbonyl (C=O) groups excluding carboxylic acids is 2. The van der Waals surface area contributed by atoms with Gasteiger partial charge in [-0.2, -0.15) is 0 Å². The molecular weight excluding hydrogens is 316 g/mol. The van der Waals surface area contributed by atoms with Crippen molar-refractivity contribution in [2.24, 2.45) is 0 Å². The summed E-state index contributed by atoms with van der Waals surface area (Å²) in [7, 11) is 1.66. The van der Waals surface area contributed by atoms with E-state index in [1.54, 1.807) is 19.2 Å². The molecule has 0 saturated carbocycles. The van der Waals surface area contributed by atoms with Crippen LogP contribution in [0.1, 0.15) is 6.92 Å². The molecule has 0 aliphatic carbocycles. The number of rotatable bonds is 5. The van der Waals surface area contributed by atoms with Crippen LogP contribution in [0.5, 0.6) is 0 Å². The van der Waals surface area contributed by atoms with Crippen molar-refractivity contribution in [2.75, 3.05) is 45.1 Å². The number of nitrogens with one attached hydrogen (secondary N) is 4. The zero-order chi connectivity index (χ0) is 16.8. The van der Waals surface area contributed by atoms with Gasteiger partial charge >= 0.3 is 0 Å². The second-order valence-corrected chi connectivity index (χ2v) is 6.42. The normalized spacial score (nSPS) is 22.2. The Balaban J connectivity index is 1.83. The Hall–Kier alpha value is -1.63. The highest BCUT2D eigenvalue weighted by Gasteiger charge is 2.31. The molecule has 1 heterocycles. The van der Waals surface area contributed by atoms with Gasteiger partial charge in [0.2, 0.25) is 0 Å². The Morgan fingerprint density at radius 3 is 2.57 bits per heavy atom. The van der Waals surface area contributed by atoms with E-state index in [2.05, 4.69) is 10.6 Å². The summed E-state index contributed by atoms with van der Waals surface area (Å²) in [4.78, 5) is 26.3. The summed E-state index contributed by atoms with van der Waals surface area (Å²) in [6.45, 7) is 6.02. The standard InChI is InChI=1S/C16H23ClN4O2/c1-12(16(23)19-14-5-3-4-13(17)10-14)21-8-6-20(7-9-21)11-15(22)18-2/h3-5,10,12H,6-9,11H2,1-2H3,(H,18,22)(H,19,23)/p+2/t12-/m1/s1. The molecule has 6 nitrogen and oxygen atoms in total. The maximum Gasteiger partial charge on any atom is 0.282 e. The summed E-state index contributed by atoms with van der Waals surface area (Å²) in [6.07, 6.45) is 0. The molecule has 0 unspecified atom stereocenters. The first-order valence-electron chi connectivity index (χ1n) is 7.94. The highest BCUT2D eigenvalue weighted by molar-refractivity contribution is 6.30. The molecule has 1 saturated heterocycles. The fourth-order valence-corrected chi connectivity index (χ4v) is 3.04. The molecule has 0 bridgehead atoms. The molecule has 1 aliphatic heterocycles. The summed E-state index contributed by atoms with van der Waals surface area (Å²) in [5.74, 6) is 0.0622. The first-order valence-corrected chi connectivity index (χ1v) is 8.32. The smallest absolute Gasteiger partial charge is 0.282 e. The molecule has 2 rings (SSSR count). The monoisotopic (exact) mass is 340 g/mol. The van der Waals surface area contributed by atoms with E-state index in [0.717, 1.165) is 31.9 Å². The number of likely N-dealkylation sites (N-methyl/N-ethyl adjacent to an activating group) is 1. The minimum atomic E-state index is -0.129. The first-order chi connectivity index (χ1) is 11.0. The van der Waals surface area contributed by atoms with Crippen molar-refractivity contribution < 1.29 is 19.4 Å². The molecule has 2 amide bonds. The lowest BCUT2D eigenvalue weighted by Gasteiger charge is -2.32. The highest BCUT2D eigenvalue weighted by atomic mass is 35.5. The summed E-state index contributed by atoms with van der Waals surface area (Å²) in [5.41, 5.74) is 0.720. The van der Waals surface area contributed by atoms with Gasteiger partial charge in [0.15, 0.2) is 12.6 Å². The molecule has 4 N–H and O–H groups in total. The van der Waals surface area contributed by atoms with Crippen molar-refractivity contribution in [3.05, 3.63) is 29.3 Å². The lowest BCUT2D eigenvalue weighted by molar-refractivity contribution is -1.01. The van der Waals surface area contributed by atoms with Crippen LogP contribution in [0, 0.1) is 0 Å². The number of piperazine rings is 1. The number of hydrogen-bond acceptors (Lipinski definition) is 2. The van der Waals surface area contributed by atoms with E-state index in [0.29, 0.717) is 11.6 Å². The maximum atomic E-state index is 12.4. The largest absolute Gasteiger partial charge is 0.354 e. The van der Waals surface area contributed by atoms with Crippen molar-refractivity contribution >= 4 is 29.1 Å². The van der Waals surface area contributed by atoms with Crippen molar-refractivity contribution in [1.82, 2.24) is 5.32 Å². The van der Waals surface area contributed by atoms with Gasteiger partial charge in [-0.1, -0.05) is 17.7 Å². The van der Waals surface area contributed by atoms with Gasteiger partial charge in [-0.3, -0.25) is 9.59 Å². The van der Waals surface area contributed by atoms with E-state index in [-0.39, 0.29) is 17.9 Å². The van der Waals surface area contributed by atoms with Crippen LogP contribution >= 0.6 is 11.6 Å². The third-order valence-electron chi connectivity index (χ3n) is 4.39. The molecule has 7 heteroatoms.